The third-order valence-electron chi connectivity index (χ3n) is 2.04. The molecule has 1 rings (SSSR count). The Bertz CT molecular complexity index is 642. The number of primary sulfonamides is 1. The fourth-order valence-electron chi connectivity index (χ4n) is 1.25. The van der Waals surface area contributed by atoms with Gasteiger partial charge in [-0.15, -0.1) is 0 Å². The minimum absolute atomic E-state index is 0.105. The molecule has 0 bridgehead atoms. The third-order valence-corrected chi connectivity index (χ3v) is 2.95. The molecule has 0 unspecified atom stereocenters. The summed E-state index contributed by atoms with van der Waals surface area (Å²) < 4.78 is 40.5. The maximum atomic E-state index is 13.8. The van der Waals surface area contributed by atoms with E-state index in [2.05, 4.69) is 4.74 Å². The number of hydrogen-bond acceptors (Lipinski definition) is 6. The van der Waals surface area contributed by atoms with Crippen LogP contribution in [0.4, 0.5) is 10.1 Å². The molecule has 0 saturated carbocycles. The molecule has 0 amide bonds. The predicted octanol–water partition coefficient (Wildman–Crippen LogP) is 0.558. The largest absolute Gasteiger partial charge is 0.462 e. The minimum Gasteiger partial charge on any atom is -0.462 e. The highest BCUT2D eigenvalue weighted by Crippen LogP contribution is 2.25. The number of hydrogen-bond donors (Lipinski definition) is 1. The van der Waals surface area contributed by atoms with Gasteiger partial charge in [0.05, 0.1) is 11.5 Å². The van der Waals surface area contributed by atoms with Gasteiger partial charge in [-0.05, 0) is 6.92 Å². The number of carbonyl (C=O) groups excluding carboxylic acids is 1. The maximum absolute atomic E-state index is 13.8. The van der Waals surface area contributed by atoms with Crippen molar-refractivity contribution in [3.63, 3.8) is 0 Å². The first-order valence-corrected chi connectivity index (χ1v) is 6.41. The summed E-state index contributed by atoms with van der Waals surface area (Å²) in [7, 11) is -4.55. The minimum atomic E-state index is -4.55. The lowest BCUT2D eigenvalue weighted by Gasteiger charge is -2.06. The summed E-state index contributed by atoms with van der Waals surface area (Å²) in [6.45, 7) is 1.33. The van der Waals surface area contributed by atoms with Crippen molar-refractivity contribution in [2.45, 2.75) is 11.8 Å². The van der Waals surface area contributed by atoms with Crippen LogP contribution in [0.3, 0.4) is 0 Å². The first kappa shape index (κ1) is 15.0. The molecule has 0 fully saturated rings. The number of halogens is 1. The van der Waals surface area contributed by atoms with Gasteiger partial charge >= 0.3 is 5.97 Å². The van der Waals surface area contributed by atoms with Crippen LogP contribution in [0.25, 0.3) is 0 Å². The molecule has 0 aromatic heterocycles. The van der Waals surface area contributed by atoms with Gasteiger partial charge in [-0.2, -0.15) is 0 Å². The molecule has 0 aliphatic heterocycles. The van der Waals surface area contributed by atoms with E-state index in [0.29, 0.717) is 12.1 Å². The van der Waals surface area contributed by atoms with Crippen LogP contribution in [0.15, 0.2) is 17.0 Å². The van der Waals surface area contributed by atoms with Crippen molar-refractivity contribution in [1.82, 2.24) is 0 Å². The number of carbonyl (C=O) groups is 1. The lowest BCUT2D eigenvalue weighted by Crippen LogP contribution is -2.17. The zero-order valence-electron chi connectivity index (χ0n) is 9.62. The van der Waals surface area contributed by atoms with Crippen LogP contribution in [-0.2, 0) is 14.8 Å². The Hall–Kier alpha value is -2.07. The number of non-ortho nitro benzene ring substituents is 1. The second-order valence-corrected chi connectivity index (χ2v) is 4.86. The highest BCUT2D eigenvalue weighted by Gasteiger charge is 2.27. The van der Waals surface area contributed by atoms with Gasteiger partial charge in [-0.3, -0.25) is 10.1 Å². The summed E-state index contributed by atoms with van der Waals surface area (Å²) in [5, 5.41) is 15.3. The van der Waals surface area contributed by atoms with E-state index < -0.39 is 42.9 Å². The molecule has 19 heavy (non-hydrogen) atoms. The molecule has 0 heterocycles. The summed E-state index contributed by atoms with van der Waals surface area (Å²) in [6, 6.07) is 1.02. The monoisotopic (exact) mass is 292 g/mol. The molecule has 1 aromatic rings. The van der Waals surface area contributed by atoms with E-state index in [1.807, 2.05) is 0 Å². The average molecular weight is 292 g/mol. The second kappa shape index (κ2) is 5.28. The average Bonchev–Trinajstić information content (AvgIpc) is 2.27. The molecule has 8 nitrogen and oxygen atoms in total. The normalized spacial score (nSPS) is 11.1. The molecule has 10 heteroatoms. The van der Waals surface area contributed by atoms with Gasteiger partial charge in [-0.25, -0.2) is 22.7 Å². The van der Waals surface area contributed by atoms with E-state index in [9.17, 15) is 27.7 Å². The zero-order valence-corrected chi connectivity index (χ0v) is 10.4. The number of esters is 1. The van der Waals surface area contributed by atoms with E-state index in [4.69, 9.17) is 5.14 Å². The van der Waals surface area contributed by atoms with Crippen LogP contribution < -0.4 is 5.14 Å². The molecule has 0 spiro atoms. The fourth-order valence-corrected chi connectivity index (χ4v) is 1.90. The second-order valence-electron chi connectivity index (χ2n) is 3.33. The van der Waals surface area contributed by atoms with Gasteiger partial charge in [0.1, 0.15) is 10.5 Å². The van der Waals surface area contributed by atoms with E-state index in [1.165, 1.54) is 6.92 Å². The third kappa shape index (κ3) is 3.23. The molecule has 104 valence electrons. The molecule has 0 aliphatic carbocycles. The lowest BCUT2D eigenvalue weighted by molar-refractivity contribution is -0.385. The van der Waals surface area contributed by atoms with E-state index >= 15 is 0 Å². The first-order valence-electron chi connectivity index (χ1n) is 4.86. The standard InChI is InChI=1S/C9H9FN2O6S/c1-2-18-9(13)6-3-5(12(14)15)4-7(8(6)10)19(11,16)17/h3-4H,2H2,1H3,(H2,11,16,17). The van der Waals surface area contributed by atoms with Gasteiger partial charge in [0.15, 0.2) is 5.82 Å². The van der Waals surface area contributed by atoms with Crippen molar-refractivity contribution in [3.05, 3.63) is 33.6 Å². The van der Waals surface area contributed by atoms with E-state index in [0.717, 1.165) is 0 Å². The van der Waals surface area contributed by atoms with Crippen LogP contribution in [0.2, 0.25) is 0 Å². The van der Waals surface area contributed by atoms with Crippen molar-refractivity contribution in [3.8, 4) is 0 Å². The molecule has 0 aliphatic rings. The summed E-state index contributed by atoms with van der Waals surface area (Å²) in [5.74, 6) is -2.69. The van der Waals surface area contributed by atoms with Crippen LogP contribution >= 0.6 is 0 Å². The molecular formula is C9H9FN2O6S. The Morgan fingerprint density at radius 1 is 1.53 bits per heavy atom. The Kier molecular flexibility index (Phi) is 4.17. The molecular weight excluding hydrogens is 283 g/mol. The quantitative estimate of drug-likeness (QED) is 0.490. The Balaban J connectivity index is 3.60. The number of rotatable bonds is 4. The molecule has 2 N–H and O–H groups in total. The van der Waals surface area contributed by atoms with Crippen LogP contribution in [0.5, 0.6) is 0 Å². The predicted molar refractivity (Wildman–Crippen MR) is 60.4 cm³/mol. The molecule has 0 radical (unpaired) electrons. The van der Waals surface area contributed by atoms with Gasteiger partial charge < -0.3 is 4.74 Å². The fraction of sp³-hybridized carbons (Fsp3) is 0.222. The first-order chi connectivity index (χ1) is 8.68. The van der Waals surface area contributed by atoms with Crippen LogP contribution in [-0.4, -0.2) is 25.9 Å². The Morgan fingerprint density at radius 3 is 2.53 bits per heavy atom. The van der Waals surface area contributed by atoms with Crippen molar-refractivity contribution >= 4 is 21.7 Å². The number of benzene rings is 1. The lowest BCUT2D eigenvalue weighted by atomic mass is 10.2. The van der Waals surface area contributed by atoms with Crippen molar-refractivity contribution < 1.29 is 27.3 Å². The molecule has 0 atom stereocenters. The summed E-state index contributed by atoms with van der Waals surface area (Å²) >= 11 is 0. The zero-order chi connectivity index (χ0) is 14.8. The number of nitro benzene ring substituents is 1. The Morgan fingerprint density at radius 2 is 2.11 bits per heavy atom. The number of nitrogens with zero attached hydrogens (tertiary/aromatic N) is 1. The highest BCUT2D eigenvalue weighted by atomic mass is 32.2. The summed E-state index contributed by atoms with van der Waals surface area (Å²) in [4.78, 5) is 19.9. The van der Waals surface area contributed by atoms with E-state index in [-0.39, 0.29) is 6.61 Å². The van der Waals surface area contributed by atoms with Crippen molar-refractivity contribution in [2.75, 3.05) is 6.61 Å². The summed E-state index contributed by atoms with van der Waals surface area (Å²) in [5.41, 5.74) is -1.64. The number of ether oxygens (including phenoxy) is 1. The number of nitrogens with two attached hydrogens (primary N) is 1. The van der Waals surface area contributed by atoms with Gasteiger partial charge in [0, 0.05) is 12.1 Å². The van der Waals surface area contributed by atoms with Crippen molar-refractivity contribution in [1.29, 1.82) is 0 Å². The number of nitro groups is 1. The topological polar surface area (TPSA) is 130 Å². The van der Waals surface area contributed by atoms with Gasteiger partial charge in [0.2, 0.25) is 10.0 Å². The maximum Gasteiger partial charge on any atom is 0.341 e. The van der Waals surface area contributed by atoms with Gasteiger partial charge in [0.25, 0.3) is 5.69 Å². The smallest absolute Gasteiger partial charge is 0.341 e. The van der Waals surface area contributed by atoms with Crippen LogP contribution in [0, 0.1) is 15.9 Å². The SMILES string of the molecule is CCOC(=O)c1cc([N+](=O)[O-])cc(S(N)(=O)=O)c1F. The molecule has 1 aromatic carbocycles. The van der Waals surface area contributed by atoms with E-state index in [1.54, 1.807) is 0 Å². The number of sulfonamides is 1. The van der Waals surface area contributed by atoms with Crippen LogP contribution in [0.1, 0.15) is 17.3 Å². The molecule has 0 saturated heterocycles. The summed E-state index contributed by atoms with van der Waals surface area (Å²) in [6.07, 6.45) is 0. The van der Waals surface area contributed by atoms with Gasteiger partial charge in [-0.1, -0.05) is 0 Å². The Labute approximate surface area is 107 Å². The highest BCUT2D eigenvalue weighted by molar-refractivity contribution is 7.89. The van der Waals surface area contributed by atoms with Crippen molar-refractivity contribution in [2.24, 2.45) is 5.14 Å².